The second-order valence-electron chi connectivity index (χ2n) is 6.56. The molecule has 0 saturated heterocycles. The summed E-state index contributed by atoms with van der Waals surface area (Å²) < 4.78 is 3.58. The molecule has 0 bridgehead atoms. The Balaban J connectivity index is 1.70. The summed E-state index contributed by atoms with van der Waals surface area (Å²) in [6.45, 7) is 7.24. The topological polar surface area (TPSA) is 27.9 Å². The molecular formula is C23H24N3S+. The lowest BCUT2D eigenvalue weighted by atomic mass is 10.2. The summed E-state index contributed by atoms with van der Waals surface area (Å²) in [5, 5.41) is 4.79. The SMILES string of the molecule is CC[N+](CC)=c1ccc2nc3ccc(NCc4ccccc4)cc3sc-2c1. The van der Waals surface area contributed by atoms with E-state index in [0.717, 1.165) is 36.5 Å². The first kappa shape index (κ1) is 17.7. The molecule has 0 atom stereocenters. The summed E-state index contributed by atoms with van der Waals surface area (Å²) in [6, 6.07) is 23.5. The Kier molecular flexibility index (Phi) is 5.16. The van der Waals surface area contributed by atoms with Crippen LogP contribution in [0.5, 0.6) is 0 Å². The Morgan fingerprint density at radius 3 is 2.52 bits per heavy atom. The van der Waals surface area contributed by atoms with Gasteiger partial charge in [0.05, 0.1) is 20.8 Å². The molecule has 0 unspecified atom stereocenters. The molecule has 0 fully saturated rings. The van der Waals surface area contributed by atoms with E-state index < -0.39 is 0 Å². The van der Waals surface area contributed by atoms with E-state index in [9.17, 15) is 0 Å². The van der Waals surface area contributed by atoms with Gasteiger partial charge in [0, 0.05) is 24.4 Å². The van der Waals surface area contributed by atoms with E-state index in [2.05, 4.69) is 84.4 Å². The van der Waals surface area contributed by atoms with Crippen LogP contribution in [0, 0.1) is 0 Å². The van der Waals surface area contributed by atoms with Gasteiger partial charge in [0.2, 0.25) is 5.36 Å². The number of hydrogen-bond donors (Lipinski definition) is 1. The molecule has 1 aliphatic heterocycles. The Morgan fingerprint density at radius 1 is 0.926 bits per heavy atom. The largest absolute Gasteiger partial charge is 0.381 e. The van der Waals surface area contributed by atoms with Crippen molar-refractivity contribution in [2.45, 2.75) is 20.4 Å². The molecule has 1 aliphatic carbocycles. The van der Waals surface area contributed by atoms with Crippen LogP contribution < -0.4 is 15.2 Å². The number of nitrogens with zero attached hydrogens (tertiary/aromatic N) is 2. The van der Waals surface area contributed by atoms with Crippen molar-refractivity contribution in [3.63, 3.8) is 0 Å². The molecule has 0 aromatic heterocycles. The normalized spacial score (nSPS) is 11.0. The van der Waals surface area contributed by atoms with E-state index in [0.29, 0.717) is 0 Å². The summed E-state index contributed by atoms with van der Waals surface area (Å²) >= 11 is 1.81. The maximum absolute atomic E-state index is 4.85. The van der Waals surface area contributed by atoms with E-state index in [1.165, 1.54) is 20.5 Å². The Morgan fingerprint density at radius 2 is 1.74 bits per heavy atom. The summed E-state index contributed by atoms with van der Waals surface area (Å²) in [5.41, 5.74) is 4.52. The van der Waals surface area contributed by atoms with Gasteiger partial charge in [-0.3, -0.25) is 0 Å². The zero-order chi connectivity index (χ0) is 18.6. The molecule has 27 heavy (non-hydrogen) atoms. The predicted octanol–water partition coefficient (Wildman–Crippen LogP) is 4.83. The molecule has 0 amide bonds. The average molecular weight is 375 g/mol. The summed E-state index contributed by atoms with van der Waals surface area (Å²) in [7, 11) is 0. The van der Waals surface area contributed by atoms with Crippen molar-refractivity contribution >= 4 is 27.2 Å². The van der Waals surface area contributed by atoms with Crippen LogP contribution in [0.4, 0.5) is 5.69 Å². The first-order valence-corrected chi connectivity index (χ1v) is 10.3. The van der Waals surface area contributed by atoms with Gasteiger partial charge in [-0.1, -0.05) is 30.3 Å². The highest BCUT2D eigenvalue weighted by atomic mass is 32.1. The quantitative estimate of drug-likeness (QED) is 0.400. The number of fused-ring (bicyclic) bond motifs is 2. The van der Waals surface area contributed by atoms with Gasteiger partial charge in [0.15, 0.2) is 0 Å². The summed E-state index contributed by atoms with van der Waals surface area (Å²) in [5.74, 6) is 0. The van der Waals surface area contributed by atoms with Crippen LogP contribution in [0.2, 0.25) is 0 Å². The number of nitrogens with one attached hydrogen (secondary N) is 1. The van der Waals surface area contributed by atoms with Crippen molar-refractivity contribution in [3.05, 3.63) is 77.7 Å². The highest BCUT2D eigenvalue weighted by molar-refractivity contribution is 7.21. The van der Waals surface area contributed by atoms with Gasteiger partial charge in [0.25, 0.3) is 0 Å². The Bertz CT molecular complexity index is 1090. The predicted molar refractivity (Wildman–Crippen MR) is 116 cm³/mol. The van der Waals surface area contributed by atoms with E-state index in [4.69, 9.17) is 4.98 Å². The lowest BCUT2D eigenvalue weighted by Gasteiger charge is -2.09. The van der Waals surface area contributed by atoms with Gasteiger partial charge >= 0.3 is 0 Å². The smallest absolute Gasteiger partial charge is 0.201 e. The summed E-state index contributed by atoms with van der Waals surface area (Å²) in [4.78, 5) is 6.08. The number of aromatic nitrogens is 1. The van der Waals surface area contributed by atoms with Crippen LogP contribution in [-0.4, -0.2) is 18.1 Å². The zero-order valence-electron chi connectivity index (χ0n) is 15.8. The van der Waals surface area contributed by atoms with Gasteiger partial charge in [-0.15, -0.1) is 11.3 Å². The molecule has 136 valence electrons. The molecule has 2 aliphatic rings. The fraction of sp³-hybridized carbons (Fsp3) is 0.217. The second kappa shape index (κ2) is 7.89. The van der Waals surface area contributed by atoms with Gasteiger partial charge in [-0.05, 0) is 43.7 Å². The zero-order valence-corrected chi connectivity index (χ0v) is 16.6. The van der Waals surface area contributed by atoms with Crippen LogP contribution in [0.1, 0.15) is 19.4 Å². The number of benzene rings is 3. The fourth-order valence-corrected chi connectivity index (χ4v) is 4.35. The standard InChI is InChI=1S/C23H23N3S/c1-3-26(4-2)19-11-13-21-23(15-19)27-22-14-18(10-12-20(22)25-21)24-16-17-8-6-5-7-9-17/h5-15H,3-4,16H2,1-2H3/p+1. The summed E-state index contributed by atoms with van der Waals surface area (Å²) in [6.07, 6.45) is 0. The lowest BCUT2D eigenvalue weighted by molar-refractivity contribution is 0.626. The first-order chi connectivity index (χ1) is 13.3. The number of rotatable bonds is 5. The molecule has 3 nitrogen and oxygen atoms in total. The molecule has 4 heteroatoms. The molecule has 2 aromatic rings. The third-order valence-electron chi connectivity index (χ3n) is 4.83. The minimum atomic E-state index is 0.824. The highest BCUT2D eigenvalue weighted by Crippen LogP contribution is 2.31. The van der Waals surface area contributed by atoms with Crippen LogP contribution >= 0.6 is 11.3 Å². The van der Waals surface area contributed by atoms with Crippen LogP contribution in [0.25, 0.3) is 20.8 Å². The minimum absolute atomic E-state index is 0.824. The van der Waals surface area contributed by atoms with Crippen LogP contribution in [-0.2, 0) is 6.54 Å². The highest BCUT2D eigenvalue weighted by Gasteiger charge is 2.10. The van der Waals surface area contributed by atoms with Gasteiger partial charge in [-0.2, -0.15) is 0 Å². The molecule has 0 saturated carbocycles. The lowest BCUT2D eigenvalue weighted by Crippen LogP contribution is -2.29. The van der Waals surface area contributed by atoms with E-state index in [-0.39, 0.29) is 0 Å². The van der Waals surface area contributed by atoms with Crippen molar-refractivity contribution < 1.29 is 0 Å². The molecule has 0 radical (unpaired) electrons. The average Bonchev–Trinajstić information content (AvgIpc) is 2.72. The Hall–Kier alpha value is -2.72. The van der Waals surface area contributed by atoms with Crippen LogP contribution in [0.3, 0.4) is 0 Å². The molecular weight excluding hydrogens is 350 g/mol. The van der Waals surface area contributed by atoms with E-state index >= 15 is 0 Å². The van der Waals surface area contributed by atoms with Crippen molar-refractivity contribution in [2.24, 2.45) is 0 Å². The van der Waals surface area contributed by atoms with Crippen molar-refractivity contribution in [3.8, 4) is 10.6 Å². The number of hydrogen-bond acceptors (Lipinski definition) is 3. The second-order valence-corrected chi connectivity index (χ2v) is 7.64. The van der Waals surface area contributed by atoms with E-state index in [1.807, 2.05) is 17.4 Å². The third-order valence-corrected chi connectivity index (χ3v) is 5.93. The fourth-order valence-electron chi connectivity index (χ4n) is 3.31. The molecule has 2 aromatic carbocycles. The molecule has 4 rings (SSSR count). The van der Waals surface area contributed by atoms with Gasteiger partial charge < -0.3 is 5.32 Å². The maximum atomic E-state index is 4.85. The maximum Gasteiger partial charge on any atom is 0.201 e. The van der Waals surface area contributed by atoms with E-state index in [1.54, 1.807) is 0 Å². The molecule has 1 N–H and O–H groups in total. The van der Waals surface area contributed by atoms with Crippen LogP contribution in [0.15, 0.2) is 66.7 Å². The Labute approximate surface area is 164 Å². The minimum Gasteiger partial charge on any atom is -0.381 e. The van der Waals surface area contributed by atoms with Crippen molar-refractivity contribution in [1.29, 1.82) is 0 Å². The van der Waals surface area contributed by atoms with Gasteiger partial charge in [0.1, 0.15) is 13.1 Å². The monoisotopic (exact) mass is 374 g/mol. The molecule has 1 heterocycles. The van der Waals surface area contributed by atoms with Gasteiger partial charge in [-0.25, -0.2) is 9.56 Å². The third kappa shape index (κ3) is 3.86. The van der Waals surface area contributed by atoms with Crippen molar-refractivity contribution in [1.82, 2.24) is 9.56 Å². The molecule has 0 spiro atoms. The number of anilines is 1. The van der Waals surface area contributed by atoms with Crippen molar-refractivity contribution in [2.75, 3.05) is 18.4 Å². The first-order valence-electron chi connectivity index (χ1n) is 9.47.